The predicted molar refractivity (Wildman–Crippen MR) is 92.2 cm³/mol. The molecule has 3 heterocycles. The van der Waals surface area contributed by atoms with Gasteiger partial charge in [0.25, 0.3) is 0 Å². The Kier molecular flexibility index (Phi) is 4.54. The molecule has 0 amide bonds. The Hall–Kier alpha value is -2.57. The molecule has 1 aliphatic rings. The second-order valence-electron chi connectivity index (χ2n) is 6.07. The first-order chi connectivity index (χ1) is 12.3. The molecule has 4 rings (SSSR count). The van der Waals surface area contributed by atoms with Crippen LogP contribution in [-0.2, 0) is 11.3 Å². The Morgan fingerprint density at radius 1 is 1.20 bits per heavy atom. The molecule has 1 unspecified atom stereocenters. The number of pyridine rings is 1. The zero-order valence-electron chi connectivity index (χ0n) is 13.7. The van der Waals surface area contributed by atoms with E-state index in [1.54, 1.807) is 18.5 Å². The molecule has 0 saturated carbocycles. The van der Waals surface area contributed by atoms with E-state index >= 15 is 0 Å². The van der Waals surface area contributed by atoms with Gasteiger partial charge in [0, 0.05) is 24.8 Å². The van der Waals surface area contributed by atoms with Gasteiger partial charge < -0.3 is 9.72 Å². The Morgan fingerprint density at radius 2 is 2.16 bits per heavy atom. The van der Waals surface area contributed by atoms with E-state index < -0.39 is 0 Å². The van der Waals surface area contributed by atoms with Crippen molar-refractivity contribution in [1.29, 1.82) is 0 Å². The van der Waals surface area contributed by atoms with Crippen molar-refractivity contribution in [3.05, 3.63) is 72.2 Å². The standard InChI is InChI=1S/C19H19FN4O/c20-15-5-3-4-14(10-15)17-11-22-19(23-17)18-13-25-9-8-24(18)12-16-6-1-2-7-21-16/h1-7,10-11,18H,8-9,12-13H2,(H,22,23). The quantitative estimate of drug-likeness (QED) is 0.794. The smallest absolute Gasteiger partial charge is 0.126 e. The number of halogens is 1. The largest absolute Gasteiger partial charge is 0.378 e. The number of hydrogen-bond donors (Lipinski definition) is 1. The van der Waals surface area contributed by atoms with Gasteiger partial charge in [0.2, 0.25) is 0 Å². The summed E-state index contributed by atoms with van der Waals surface area (Å²) >= 11 is 0. The van der Waals surface area contributed by atoms with E-state index in [9.17, 15) is 4.39 Å². The molecule has 3 aromatic rings. The third kappa shape index (κ3) is 3.60. The topological polar surface area (TPSA) is 54.0 Å². The zero-order valence-corrected chi connectivity index (χ0v) is 13.7. The van der Waals surface area contributed by atoms with Gasteiger partial charge in [0.05, 0.1) is 36.8 Å². The summed E-state index contributed by atoms with van der Waals surface area (Å²) in [4.78, 5) is 14.6. The van der Waals surface area contributed by atoms with Gasteiger partial charge in [-0.2, -0.15) is 0 Å². The molecule has 1 N–H and O–H groups in total. The van der Waals surface area contributed by atoms with Crippen molar-refractivity contribution >= 4 is 0 Å². The summed E-state index contributed by atoms with van der Waals surface area (Å²) < 4.78 is 19.1. The fraction of sp³-hybridized carbons (Fsp3) is 0.263. The molecule has 1 aliphatic heterocycles. The maximum absolute atomic E-state index is 13.4. The van der Waals surface area contributed by atoms with Gasteiger partial charge in [-0.3, -0.25) is 9.88 Å². The first-order valence-electron chi connectivity index (χ1n) is 8.32. The van der Waals surface area contributed by atoms with Crippen LogP contribution < -0.4 is 0 Å². The van der Waals surface area contributed by atoms with E-state index in [-0.39, 0.29) is 11.9 Å². The van der Waals surface area contributed by atoms with Crippen LogP contribution in [-0.4, -0.2) is 39.6 Å². The van der Waals surface area contributed by atoms with Crippen molar-refractivity contribution < 1.29 is 9.13 Å². The van der Waals surface area contributed by atoms with Crippen LogP contribution in [0.2, 0.25) is 0 Å². The molecule has 2 aromatic heterocycles. The highest BCUT2D eigenvalue weighted by molar-refractivity contribution is 5.58. The average molecular weight is 338 g/mol. The second kappa shape index (κ2) is 7.13. The Morgan fingerprint density at radius 3 is 3.00 bits per heavy atom. The number of imidazole rings is 1. The van der Waals surface area contributed by atoms with Crippen molar-refractivity contribution in [2.75, 3.05) is 19.8 Å². The van der Waals surface area contributed by atoms with Gasteiger partial charge in [0.15, 0.2) is 0 Å². The Bertz CT molecular complexity index is 836. The van der Waals surface area contributed by atoms with Crippen LogP contribution in [0.1, 0.15) is 17.6 Å². The molecule has 6 heteroatoms. The minimum Gasteiger partial charge on any atom is -0.378 e. The van der Waals surface area contributed by atoms with Crippen LogP contribution in [0, 0.1) is 5.82 Å². The molecular formula is C19H19FN4O. The molecule has 128 valence electrons. The molecule has 0 spiro atoms. The Balaban J connectivity index is 1.57. The van der Waals surface area contributed by atoms with Crippen molar-refractivity contribution in [2.24, 2.45) is 0 Å². The van der Waals surface area contributed by atoms with E-state index in [1.165, 1.54) is 12.1 Å². The highest BCUT2D eigenvalue weighted by atomic mass is 19.1. The zero-order chi connectivity index (χ0) is 17.1. The summed E-state index contributed by atoms with van der Waals surface area (Å²) in [5, 5.41) is 0. The summed E-state index contributed by atoms with van der Waals surface area (Å²) in [6.07, 6.45) is 3.55. The van der Waals surface area contributed by atoms with Gasteiger partial charge in [-0.1, -0.05) is 18.2 Å². The van der Waals surface area contributed by atoms with Crippen LogP contribution in [0.3, 0.4) is 0 Å². The summed E-state index contributed by atoms with van der Waals surface area (Å²) in [6, 6.07) is 12.5. The number of aromatic amines is 1. The van der Waals surface area contributed by atoms with E-state index in [1.807, 2.05) is 24.3 Å². The van der Waals surface area contributed by atoms with Gasteiger partial charge in [-0.05, 0) is 24.3 Å². The van der Waals surface area contributed by atoms with Crippen molar-refractivity contribution in [2.45, 2.75) is 12.6 Å². The summed E-state index contributed by atoms with van der Waals surface area (Å²) in [6.45, 7) is 2.83. The summed E-state index contributed by atoms with van der Waals surface area (Å²) in [5.41, 5.74) is 2.61. The van der Waals surface area contributed by atoms with Crippen LogP contribution in [0.15, 0.2) is 54.9 Å². The number of morpholine rings is 1. The molecule has 0 aliphatic carbocycles. The van der Waals surface area contributed by atoms with Gasteiger partial charge in [0.1, 0.15) is 11.6 Å². The van der Waals surface area contributed by atoms with Crippen LogP contribution in [0.4, 0.5) is 4.39 Å². The number of nitrogens with one attached hydrogen (secondary N) is 1. The van der Waals surface area contributed by atoms with Crippen LogP contribution >= 0.6 is 0 Å². The lowest BCUT2D eigenvalue weighted by Crippen LogP contribution is -2.39. The van der Waals surface area contributed by atoms with Gasteiger partial charge in [-0.15, -0.1) is 0 Å². The molecule has 1 saturated heterocycles. The first-order valence-corrected chi connectivity index (χ1v) is 8.32. The monoisotopic (exact) mass is 338 g/mol. The highest BCUT2D eigenvalue weighted by Crippen LogP contribution is 2.26. The molecule has 1 fully saturated rings. The number of nitrogens with zero attached hydrogens (tertiary/aromatic N) is 3. The van der Waals surface area contributed by atoms with Crippen molar-refractivity contribution in [3.63, 3.8) is 0 Å². The predicted octanol–water partition coefficient (Wildman–Crippen LogP) is 3.18. The fourth-order valence-corrected chi connectivity index (χ4v) is 3.09. The molecule has 5 nitrogen and oxygen atoms in total. The normalized spacial score (nSPS) is 18.4. The number of benzene rings is 1. The maximum Gasteiger partial charge on any atom is 0.126 e. The number of aromatic nitrogens is 3. The van der Waals surface area contributed by atoms with E-state index in [2.05, 4.69) is 19.9 Å². The maximum atomic E-state index is 13.4. The summed E-state index contributed by atoms with van der Waals surface area (Å²) in [7, 11) is 0. The highest BCUT2D eigenvalue weighted by Gasteiger charge is 2.27. The van der Waals surface area contributed by atoms with Crippen molar-refractivity contribution in [1.82, 2.24) is 19.9 Å². The van der Waals surface area contributed by atoms with Gasteiger partial charge >= 0.3 is 0 Å². The lowest BCUT2D eigenvalue weighted by Gasteiger charge is -2.34. The number of H-pyrrole nitrogens is 1. The minimum absolute atomic E-state index is 0.0260. The van der Waals surface area contributed by atoms with E-state index in [4.69, 9.17) is 4.74 Å². The van der Waals surface area contributed by atoms with E-state index in [0.717, 1.165) is 35.9 Å². The van der Waals surface area contributed by atoms with Crippen molar-refractivity contribution in [3.8, 4) is 11.3 Å². The minimum atomic E-state index is -0.258. The SMILES string of the molecule is Fc1cccc(-c2cnc(C3COCCN3Cc3ccccn3)[nH]2)c1. The van der Waals surface area contributed by atoms with Crippen LogP contribution in [0.5, 0.6) is 0 Å². The molecule has 1 atom stereocenters. The third-order valence-corrected chi connectivity index (χ3v) is 4.38. The number of hydrogen-bond acceptors (Lipinski definition) is 4. The van der Waals surface area contributed by atoms with Crippen LogP contribution in [0.25, 0.3) is 11.3 Å². The molecular weight excluding hydrogens is 319 g/mol. The first kappa shape index (κ1) is 15.9. The molecule has 0 radical (unpaired) electrons. The molecule has 1 aromatic carbocycles. The van der Waals surface area contributed by atoms with Gasteiger partial charge in [-0.25, -0.2) is 9.37 Å². The Labute approximate surface area is 145 Å². The summed E-state index contributed by atoms with van der Waals surface area (Å²) in [5.74, 6) is 0.571. The third-order valence-electron chi connectivity index (χ3n) is 4.38. The fourth-order valence-electron chi connectivity index (χ4n) is 3.09. The lowest BCUT2D eigenvalue weighted by atomic mass is 10.1. The number of ether oxygens (including phenoxy) is 1. The molecule has 0 bridgehead atoms. The number of rotatable bonds is 4. The second-order valence-corrected chi connectivity index (χ2v) is 6.07. The molecule has 25 heavy (non-hydrogen) atoms. The average Bonchev–Trinajstić information content (AvgIpc) is 3.13. The lowest BCUT2D eigenvalue weighted by molar-refractivity contribution is -0.0161. The van der Waals surface area contributed by atoms with E-state index in [0.29, 0.717) is 13.2 Å².